The first-order valence-electron chi connectivity index (χ1n) is 11.1. The second-order valence-corrected chi connectivity index (χ2v) is 10.0. The first kappa shape index (κ1) is 25.1. The second kappa shape index (κ2) is 9.19. The maximum absolute atomic E-state index is 13.0. The molecular formula is C24H25F3N4O3S. The van der Waals surface area contributed by atoms with E-state index in [0.717, 1.165) is 54.5 Å². The van der Waals surface area contributed by atoms with Gasteiger partial charge in [-0.25, -0.2) is 15.0 Å². The summed E-state index contributed by atoms with van der Waals surface area (Å²) in [6.07, 6.45) is 1.21. The molecule has 7 nitrogen and oxygen atoms in total. The fourth-order valence-electron chi connectivity index (χ4n) is 4.55. The number of hydrogen-bond acceptors (Lipinski definition) is 7. The number of pyridine rings is 2. The molecule has 0 aliphatic heterocycles. The van der Waals surface area contributed by atoms with Crippen LogP contribution in [0.5, 0.6) is 0 Å². The van der Waals surface area contributed by atoms with Gasteiger partial charge in [0, 0.05) is 12.4 Å². The summed E-state index contributed by atoms with van der Waals surface area (Å²) in [6, 6.07) is 5.25. The molecule has 0 radical (unpaired) electrons. The zero-order valence-electron chi connectivity index (χ0n) is 19.2. The van der Waals surface area contributed by atoms with Crippen LogP contribution in [0.2, 0.25) is 0 Å². The van der Waals surface area contributed by atoms with Gasteiger partial charge in [-0.3, -0.25) is 4.79 Å². The summed E-state index contributed by atoms with van der Waals surface area (Å²) >= 11 is 1.15. The molecular weight excluding hydrogens is 481 g/mol. The van der Waals surface area contributed by atoms with Gasteiger partial charge in [0.05, 0.1) is 16.1 Å². The van der Waals surface area contributed by atoms with Crippen LogP contribution in [0.1, 0.15) is 55.2 Å². The summed E-state index contributed by atoms with van der Waals surface area (Å²) in [4.78, 5) is 25.6. The van der Waals surface area contributed by atoms with Crippen LogP contribution in [-0.2, 0) is 16.6 Å². The lowest BCUT2D eigenvalue weighted by molar-refractivity contribution is -0.174. The molecule has 0 amide bonds. The summed E-state index contributed by atoms with van der Waals surface area (Å²) < 4.78 is 39.1. The molecule has 11 heteroatoms. The molecule has 1 aliphatic carbocycles. The van der Waals surface area contributed by atoms with E-state index < -0.39 is 28.7 Å². The van der Waals surface area contributed by atoms with Crippen molar-refractivity contribution in [2.45, 2.75) is 57.7 Å². The number of anilines is 2. The Balaban J connectivity index is 1.64. The number of hydrogen-bond donors (Lipinski definition) is 3. The monoisotopic (exact) mass is 506 g/mol. The summed E-state index contributed by atoms with van der Waals surface area (Å²) in [6.45, 7) is 3.32. The highest BCUT2D eigenvalue weighted by Crippen LogP contribution is 2.51. The van der Waals surface area contributed by atoms with Gasteiger partial charge in [-0.05, 0) is 56.5 Å². The number of rotatable bonds is 6. The summed E-state index contributed by atoms with van der Waals surface area (Å²) in [5.41, 5.74) is -2.53. The number of alkyl halides is 3. The van der Waals surface area contributed by atoms with Crippen molar-refractivity contribution in [3.05, 3.63) is 52.8 Å². The quantitative estimate of drug-likeness (QED) is 0.381. The molecule has 0 bridgehead atoms. The van der Waals surface area contributed by atoms with Gasteiger partial charge in [0.1, 0.15) is 27.7 Å². The first-order valence-corrected chi connectivity index (χ1v) is 12.0. The van der Waals surface area contributed by atoms with Crippen LogP contribution in [0, 0.1) is 12.3 Å². The Bertz CT molecular complexity index is 1240. The largest absolute Gasteiger partial charge is 0.481 e. The third-order valence-electron chi connectivity index (χ3n) is 6.54. The predicted octanol–water partition coefficient (Wildman–Crippen LogP) is 5.91. The molecule has 1 saturated carbocycles. The Labute approximate surface area is 204 Å². The number of carboxylic acids is 1. The Morgan fingerprint density at radius 1 is 1.11 bits per heavy atom. The molecule has 186 valence electrons. The summed E-state index contributed by atoms with van der Waals surface area (Å²) in [7, 11) is 0. The van der Waals surface area contributed by atoms with E-state index in [-0.39, 0.29) is 10.8 Å². The third kappa shape index (κ3) is 4.87. The molecule has 3 heterocycles. The lowest BCUT2D eigenvalue weighted by Gasteiger charge is -2.43. The fraction of sp³-hybridized carbons (Fsp3) is 0.417. The van der Waals surface area contributed by atoms with E-state index in [1.54, 1.807) is 12.1 Å². The van der Waals surface area contributed by atoms with Crippen molar-refractivity contribution in [2.75, 3.05) is 5.32 Å². The zero-order chi connectivity index (χ0) is 25.4. The number of aryl methyl sites for hydroxylation is 1. The van der Waals surface area contributed by atoms with Crippen LogP contribution in [0.15, 0.2) is 36.7 Å². The van der Waals surface area contributed by atoms with Gasteiger partial charge < -0.3 is 15.5 Å². The SMILES string of the molecule is Cc1cc(Nc2cc(C(F)(F)F)ccn2)nc(-c2cnc([C@](C)(O)C3(C(=O)O)CCCCC3)s2)c1. The highest BCUT2D eigenvalue weighted by molar-refractivity contribution is 7.15. The summed E-state index contributed by atoms with van der Waals surface area (Å²) in [5.74, 6) is -0.743. The minimum absolute atomic E-state index is 0.00231. The lowest BCUT2D eigenvalue weighted by atomic mass is 9.64. The van der Waals surface area contributed by atoms with Crippen molar-refractivity contribution in [1.82, 2.24) is 15.0 Å². The molecule has 1 fully saturated rings. The molecule has 4 rings (SSSR count). The summed E-state index contributed by atoms with van der Waals surface area (Å²) in [5, 5.41) is 24.5. The van der Waals surface area contributed by atoms with Gasteiger partial charge in [-0.2, -0.15) is 13.2 Å². The van der Waals surface area contributed by atoms with Gasteiger partial charge in [0.25, 0.3) is 0 Å². The number of aliphatic carboxylic acids is 1. The van der Waals surface area contributed by atoms with Gasteiger partial charge in [-0.1, -0.05) is 19.3 Å². The molecule has 3 aromatic heterocycles. The van der Waals surface area contributed by atoms with Gasteiger partial charge in [0.15, 0.2) is 0 Å². The molecule has 35 heavy (non-hydrogen) atoms. The number of aliphatic hydroxyl groups is 1. The normalized spacial score (nSPS) is 17.5. The van der Waals surface area contributed by atoms with Gasteiger partial charge in [-0.15, -0.1) is 11.3 Å². The van der Waals surface area contributed by atoms with Gasteiger partial charge in [0.2, 0.25) is 0 Å². The van der Waals surface area contributed by atoms with Crippen molar-refractivity contribution < 1.29 is 28.2 Å². The van der Waals surface area contributed by atoms with Crippen LogP contribution in [0.25, 0.3) is 10.6 Å². The van der Waals surface area contributed by atoms with Crippen LogP contribution in [0.3, 0.4) is 0 Å². The van der Waals surface area contributed by atoms with Crippen molar-refractivity contribution in [3.63, 3.8) is 0 Å². The highest BCUT2D eigenvalue weighted by Gasteiger charge is 2.55. The number of halogens is 3. The molecule has 3 N–H and O–H groups in total. The van der Waals surface area contributed by atoms with E-state index in [9.17, 15) is 28.2 Å². The lowest BCUT2D eigenvalue weighted by Crippen LogP contribution is -2.50. The molecule has 1 aliphatic rings. The predicted molar refractivity (Wildman–Crippen MR) is 125 cm³/mol. The molecule has 3 aromatic rings. The molecule has 0 spiro atoms. The van der Waals surface area contributed by atoms with Crippen LogP contribution >= 0.6 is 11.3 Å². The standard InChI is InChI=1S/C24H25F3N4O3S/c1-14-10-16(30-19(11-14)31-18-12-15(6-9-28-18)24(25,26)27)17-13-29-20(35-17)22(2,34)23(21(32)33)7-4-3-5-8-23/h6,9-13,34H,3-5,7-8H2,1-2H3,(H,32,33)(H,28,30,31)/t22-/m0/s1. The van der Waals surface area contributed by atoms with E-state index in [1.807, 2.05) is 6.92 Å². The van der Waals surface area contributed by atoms with Crippen molar-refractivity contribution >= 4 is 28.9 Å². The topological polar surface area (TPSA) is 108 Å². The van der Waals surface area contributed by atoms with E-state index in [4.69, 9.17) is 0 Å². The Morgan fingerprint density at radius 3 is 2.49 bits per heavy atom. The van der Waals surface area contributed by atoms with E-state index in [2.05, 4.69) is 20.3 Å². The maximum Gasteiger partial charge on any atom is 0.416 e. The van der Waals surface area contributed by atoms with Crippen molar-refractivity contribution in [2.24, 2.45) is 5.41 Å². The van der Waals surface area contributed by atoms with Crippen LogP contribution in [-0.4, -0.2) is 31.1 Å². The Morgan fingerprint density at radius 2 is 1.83 bits per heavy atom. The van der Waals surface area contributed by atoms with Crippen molar-refractivity contribution in [3.8, 4) is 10.6 Å². The number of aromatic nitrogens is 3. The van der Waals surface area contributed by atoms with E-state index >= 15 is 0 Å². The minimum Gasteiger partial charge on any atom is -0.481 e. The third-order valence-corrected chi connectivity index (χ3v) is 7.77. The zero-order valence-corrected chi connectivity index (χ0v) is 20.0. The molecule has 0 unspecified atom stereocenters. The average molecular weight is 507 g/mol. The van der Waals surface area contributed by atoms with E-state index in [0.29, 0.717) is 29.2 Å². The highest BCUT2D eigenvalue weighted by atomic mass is 32.1. The smallest absolute Gasteiger partial charge is 0.416 e. The van der Waals surface area contributed by atoms with Crippen LogP contribution < -0.4 is 5.32 Å². The number of nitrogens with one attached hydrogen (secondary N) is 1. The molecule has 0 saturated heterocycles. The number of carboxylic acid groups (broad SMARTS) is 1. The number of nitrogens with zero attached hydrogens (tertiary/aromatic N) is 3. The molecule has 0 aromatic carbocycles. The van der Waals surface area contributed by atoms with Gasteiger partial charge >= 0.3 is 12.1 Å². The Kier molecular flexibility index (Phi) is 6.58. The first-order chi connectivity index (χ1) is 16.4. The second-order valence-electron chi connectivity index (χ2n) is 9.02. The average Bonchev–Trinajstić information content (AvgIpc) is 3.30. The van der Waals surface area contributed by atoms with Crippen LogP contribution in [0.4, 0.5) is 24.8 Å². The van der Waals surface area contributed by atoms with E-state index in [1.165, 1.54) is 13.1 Å². The minimum atomic E-state index is -4.49. The number of carbonyl (C=O) groups is 1. The Hall–Kier alpha value is -3.05. The number of thiazole rings is 1. The fourth-order valence-corrected chi connectivity index (χ4v) is 5.57. The molecule has 1 atom stereocenters. The van der Waals surface area contributed by atoms with Crippen molar-refractivity contribution in [1.29, 1.82) is 0 Å². The maximum atomic E-state index is 13.0.